The second-order valence-electron chi connectivity index (χ2n) is 4.33. The first kappa shape index (κ1) is 10.9. The van der Waals surface area contributed by atoms with Crippen LogP contribution in [0.2, 0.25) is 0 Å². The van der Waals surface area contributed by atoms with E-state index in [1.54, 1.807) is 6.07 Å². The van der Waals surface area contributed by atoms with Crippen LogP contribution in [0.4, 0.5) is 0 Å². The van der Waals surface area contributed by atoms with E-state index in [9.17, 15) is 9.59 Å². The summed E-state index contributed by atoms with van der Waals surface area (Å²) in [5, 5.41) is 4.03. The normalized spacial score (nSPS) is 13.8. The second-order valence-corrected chi connectivity index (χ2v) is 4.33. The van der Waals surface area contributed by atoms with Crippen LogP contribution in [0.15, 0.2) is 30.3 Å². The number of rotatable bonds is 2. The minimum atomic E-state index is -0.331. The lowest BCUT2D eigenvalue weighted by atomic mass is 9.90. The van der Waals surface area contributed by atoms with Crippen LogP contribution in [0.25, 0.3) is 10.8 Å². The van der Waals surface area contributed by atoms with Gasteiger partial charge in [-0.2, -0.15) is 0 Å². The molecule has 0 unspecified atom stereocenters. The van der Waals surface area contributed by atoms with Crippen LogP contribution in [0.3, 0.4) is 0 Å². The van der Waals surface area contributed by atoms with Gasteiger partial charge in [-0.3, -0.25) is 14.9 Å². The van der Waals surface area contributed by atoms with Gasteiger partial charge in [0.15, 0.2) is 0 Å². The number of amides is 2. The third-order valence-electron chi connectivity index (χ3n) is 3.24. The van der Waals surface area contributed by atoms with E-state index in [-0.39, 0.29) is 11.8 Å². The van der Waals surface area contributed by atoms with E-state index >= 15 is 0 Å². The van der Waals surface area contributed by atoms with E-state index in [1.807, 2.05) is 24.3 Å². The van der Waals surface area contributed by atoms with E-state index in [1.165, 1.54) is 0 Å². The molecule has 0 saturated heterocycles. The van der Waals surface area contributed by atoms with Crippen molar-refractivity contribution in [1.29, 1.82) is 0 Å². The number of hydrogen-bond donors (Lipinski definition) is 2. The first-order valence-electron chi connectivity index (χ1n) is 5.82. The predicted molar refractivity (Wildman–Crippen MR) is 68.5 cm³/mol. The zero-order chi connectivity index (χ0) is 12.7. The summed E-state index contributed by atoms with van der Waals surface area (Å²) in [6.45, 7) is 0.474. The molecule has 0 aliphatic carbocycles. The summed E-state index contributed by atoms with van der Waals surface area (Å²) < 4.78 is 0. The number of benzene rings is 2. The summed E-state index contributed by atoms with van der Waals surface area (Å²) in [7, 11) is 0. The Morgan fingerprint density at radius 3 is 2.67 bits per heavy atom. The summed E-state index contributed by atoms with van der Waals surface area (Å²) in [5.41, 5.74) is 7.60. The van der Waals surface area contributed by atoms with Crippen molar-refractivity contribution < 1.29 is 9.59 Å². The quantitative estimate of drug-likeness (QED) is 0.775. The first-order chi connectivity index (χ1) is 8.72. The molecule has 0 bridgehead atoms. The molecule has 4 heteroatoms. The Balaban J connectivity index is 2.43. The fraction of sp³-hybridized carbons (Fsp3) is 0.143. The molecule has 0 spiro atoms. The fourth-order valence-corrected chi connectivity index (χ4v) is 2.47. The van der Waals surface area contributed by atoms with Gasteiger partial charge in [-0.15, -0.1) is 0 Å². The Morgan fingerprint density at radius 2 is 1.89 bits per heavy atom. The third kappa shape index (κ3) is 1.43. The van der Waals surface area contributed by atoms with Crippen LogP contribution in [-0.4, -0.2) is 18.4 Å². The molecule has 0 radical (unpaired) electrons. The Bertz CT molecular complexity index is 677. The van der Waals surface area contributed by atoms with Gasteiger partial charge in [0.1, 0.15) is 0 Å². The molecular formula is C14H12N2O2. The van der Waals surface area contributed by atoms with Gasteiger partial charge in [-0.1, -0.05) is 24.3 Å². The maximum Gasteiger partial charge on any atom is 0.259 e. The molecule has 0 fully saturated rings. The van der Waals surface area contributed by atoms with E-state index in [4.69, 9.17) is 5.73 Å². The maximum atomic E-state index is 12.0. The van der Waals surface area contributed by atoms with Crippen molar-refractivity contribution >= 4 is 22.6 Å². The standard InChI is InChI=1S/C14H12N2O2/c15-7-6-9-5-4-8-2-1-3-10-11(8)12(9)14(18)16-13(10)17/h1-5H,6-7,15H2,(H,16,17,18). The molecule has 0 saturated carbocycles. The second kappa shape index (κ2) is 3.92. The number of nitrogens with two attached hydrogens (primary N) is 1. The van der Waals surface area contributed by atoms with Gasteiger partial charge in [0.25, 0.3) is 11.8 Å². The Morgan fingerprint density at radius 1 is 1.06 bits per heavy atom. The van der Waals surface area contributed by atoms with E-state index < -0.39 is 0 Å². The van der Waals surface area contributed by atoms with Crippen molar-refractivity contribution in [2.24, 2.45) is 5.73 Å². The fourth-order valence-electron chi connectivity index (χ4n) is 2.47. The molecule has 0 atom stereocenters. The Kier molecular flexibility index (Phi) is 2.38. The lowest BCUT2D eigenvalue weighted by Crippen LogP contribution is -2.35. The molecule has 1 aliphatic rings. The van der Waals surface area contributed by atoms with Crippen LogP contribution in [-0.2, 0) is 6.42 Å². The highest BCUT2D eigenvalue weighted by atomic mass is 16.2. The smallest absolute Gasteiger partial charge is 0.259 e. The number of hydrogen-bond acceptors (Lipinski definition) is 3. The minimum Gasteiger partial charge on any atom is -0.330 e. The van der Waals surface area contributed by atoms with Crippen molar-refractivity contribution in [2.45, 2.75) is 6.42 Å². The lowest BCUT2D eigenvalue weighted by Gasteiger charge is -2.19. The van der Waals surface area contributed by atoms with Gasteiger partial charge in [0.05, 0.1) is 5.56 Å². The summed E-state index contributed by atoms with van der Waals surface area (Å²) in [6, 6.07) is 9.29. The van der Waals surface area contributed by atoms with Gasteiger partial charge >= 0.3 is 0 Å². The van der Waals surface area contributed by atoms with Crippen LogP contribution in [0, 0.1) is 0 Å². The SMILES string of the molecule is NCCc1ccc2cccc3c2c1C(=O)NC3=O. The van der Waals surface area contributed by atoms with Crippen molar-refractivity contribution in [1.82, 2.24) is 5.32 Å². The van der Waals surface area contributed by atoms with Crippen LogP contribution in [0.5, 0.6) is 0 Å². The topological polar surface area (TPSA) is 72.2 Å². The Labute approximate surface area is 104 Å². The predicted octanol–water partition coefficient (Wildman–Crippen LogP) is 1.22. The van der Waals surface area contributed by atoms with Gasteiger partial charge in [0.2, 0.25) is 0 Å². The summed E-state index contributed by atoms with van der Waals surface area (Å²) in [6.07, 6.45) is 0.626. The van der Waals surface area contributed by atoms with Crippen molar-refractivity contribution in [3.8, 4) is 0 Å². The van der Waals surface area contributed by atoms with Gasteiger partial charge in [-0.25, -0.2) is 0 Å². The Hall–Kier alpha value is -2.20. The van der Waals surface area contributed by atoms with Crippen molar-refractivity contribution in [3.63, 3.8) is 0 Å². The molecule has 3 rings (SSSR count). The van der Waals surface area contributed by atoms with Gasteiger partial charge < -0.3 is 5.73 Å². The third-order valence-corrected chi connectivity index (χ3v) is 3.24. The molecule has 2 aromatic rings. The molecule has 4 nitrogen and oxygen atoms in total. The van der Waals surface area contributed by atoms with Gasteiger partial charge in [0, 0.05) is 10.9 Å². The minimum absolute atomic E-state index is 0.326. The molecule has 3 N–H and O–H groups in total. The average molecular weight is 240 g/mol. The molecule has 18 heavy (non-hydrogen) atoms. The number of imide groups is 1. The molecule has 0 aromatic heterocycles. The zero-order valence-electron chi connectivity index (χ0n) is 9.69. The van der Waals surface area contributed by atoms with Crippen molar-refractivity contribution in [3.05, 3.63) is 47.0 Å². The highest BCUT2D eigenvalue weighted by Crippen LogP contribution is 2.29. The van der Waals surface area contributed by atoms with Gasteiger partial charge in [-0.05, 0) is 30.0 Å². The lowest BCUT2D eigenvalue weighted by molar-refractivity contribution is 0.0844. The monoisotopic (exact) mass is 240 g/mol. The highest BCUT2D eigenvalue weighted by Gasteiger charge is 2.26. The van der Waals surface area contributed by atoms with Crippen LogP contribution < -0.4 is 11.1 Å². The number of nitrogens with one attached hydrogen (secondary N) is 1. The van der Waals surface area contributed by atoms with E-state index in [0.717, 1.165) is 16.3 Å². The van der Waals surface area contributed by atoms with Crippen molar-refractivity contribution in [2.75, 3.05) is 6.54 Å². The first-order valence-corrected chi connectivity index (χ1v) is 5.82. The van der Waals surface area contributed by atoms with E-state index in [2.05, 4.69) is 5.32 Å². The highest BCUT2D eigenvalue weighted by molar-refractivity contribution is 6.26. The molecule has 90 valence electrons. The largest absolute Gasteiger partial charge is 0.330 e. The molecule has 2 aromatic carbocycles. The zero-order valence-corrected chi connectivity index (χ0v) is 9.69. The number of carbonyl (C=O) groups excluding carboxylic acids is 2. The average Bonchev–Trinajstić information content (AvgIpc) is 2.36. The van der Waals surface area contributed by atoms with E-state index in [0.29, 0.717) is 24.1 Å². The van der Waals surface area contributed by atoms with Crippen LogP contribution in [0.1, 0.15) is 26.3 Å². The summed E-state index contributed by atoms with van der Waals surface area (Å²) in [5.74, 6) is -0.657. The number of carbonyl (C=O) groups is 2. The van der Waals surface area contributed by atoms with Crippen LogP contribution >= 0.6 is 0 Å². The summed E-state index contributed by atoms with van der Waals surface area (Å²) >= 11 is 0. The molecule has 1 aliphatic heterocycles. The molecule has 1 heterocycles. The summed E-state index contributed by atoms with van der Waals surface area (Å²) in [4.78, 5) is 23.8. The molecule has 2 amide bonds. The molecular weight excluding hydrogens is 228 g/mol. The maximum absolute atomic E-state index is 12.0.